The highest BCUT2D eigenvalue weighted by Gasteiger charge is 2.10. The number of para-hydroxylation sites is 1. The summed E-state index contributed by atoms with van der Waals surface area (Å²) in [6.07, 6.45) is 0. The second-order valence-corrected chi connectivity index (χ2v) is 5.68. The summed E-state index contributed by atoms with van der Waals surface area (Å²) < 4.78 is 1.93. The van der Waals surface area contributed by atoms with Crippen LogP contribution in [-0.4, -0.2) is 9.78 Å². The SMILES string of the molecule is C[C@@H](NCc1nn(C)c2ccccc12)c1cccc(Cl)c1. The van der Waals surface area contributed by atoms with Gasteiger partial charge in [0.1, 0.15) is 0 Å². The van der Waals surface area contributed by atoms with Crippen molar-refractivity contribution < 1.29 is 0 Å². The van der Waals surface area contributed by atoms with E-state index in [1.54, 1.807) is 0 Å². The Labute approximate surface area is 129 Å². The zero-order valence-electron chi connectivity index (χ0n) is 12.2. The fourth-order valence-electron chi connectivity index (χ4n) is 2.56. The van der Waals surface area contributed by atoms with Gasteiger partial charge in [-0.15, -0.1) is 0 Å². The van der Waals surface area contributed by atoms with Gasteiger partial charge in [0.15, 0.2) is 0 Å². The molecule has 0 spiro atoms. The van der Waals surface area contributed by atoms with E-state index in [4.69, 9.17) is 11.6 Å². The van der Waals surface area contributed by atoms with Crippen LogP contribution in [0.15, 0.2) is 48.5 Å². The van der Waals surface area contributed by atoms with Gasteiger partial charge in [0.2, 0.25) is 0 Å². The van der Waals surface area contributed by atoms with Gasteiger partial charge in [-0.05, 0) is 30.7 Å². The maximum absolute atomic E-state index is 6.04. The van der Waals surface area contributed by atoms with Crippen LogP contribution in [0.25, 0.3) is 10.9 Å². The molecule has 3 rings (SSSR count). The molecule has 0 aliphatic carbocycles. The number of fused-ring (bicyclic) bond motifs is 1. The fraction of sp³-hybridized carbons (Fsp3) is 0.235. The molecule has 2 aromatic carbocycles. The molecule has 0 unspecified atom stereocenters. The highest BCUT2D eigenvalue weighted by Crippen LogP contribution is 2.20. The van der Waals surface area contributed by atoms with E-state index in [9.17, 15) is 0 Å². The molecule has 3 aromatic rings. The molecule has 0 radical (unpaired) electrons. The smallest absolute Gasteiger partial charge is 0.0841 e. The fourth-order valence-corrected chi connectivity index (χ4v) is 2.76. The van der Waals surface area contributed by atoms with E-state index in [-0.39, 0.29) is 6.04 Å². The molecule has 3 nitrogen and oxygen atoms in total. The van der Waals surface area contributed by atoms with E-state index in [0.717, 1.165) is 22.8 Å². The lowest BCUT2D eigenvalue weighted by atomic mass is 10.1. The lowest BCUT2D eigenvalue weighted by Gasteiger charge is -2.13. The molecule has 21 heavy (non-hydrogen) atoms. The van der Waals surface area contributed by atoms with Crippen molar-refractivity contribution >= 4 is 22.5 Å². The number of benzene rings is 2. The van der Waals surface area contributed by atoms with E-state index < -0.39 is 0 Å². The van der Waals surface area contributed by atoms with Crippen LogP contribution in [0.4, 0.5) is 0 Å². The maximum Gasteiger partial charge on any atom is 0.0841 e. The predicted molar refractivity (Wildman–Crippen MR) is 87.4 cm³/mol. The van der Waals surface area contributed by atoms with Crippen LogP contribution >= 0.6 is 11.6 Å². The van der Waals surface area contributed by atoms with E-state index in [2.05, 4.69) is 35.5 Å². The maximum atomic E-state index is 6.04. The predicted octanol–water partition coefficient (Wildman–Crippen LogP) is 4.08. The number of aryl methyl sites for hydroxylation is 1. The summed E-state index contributed by atoms with van der Waals surface area (Å²) in [7, 11) is 1.98. The third kappa shape index (κ3) is 2.94. The van der Waals surface area contributed by atoms with Crippen molar-refractivity contribution in [1.29, 1.82) is 0 Å². The third-order valence-electron chi connectivity index (χ3n) is 3.76. The Morgan fingerprint density at radius 3 is 2.81 bits per heavy atom. The molecule has 0 fully saturated rings. The molecule has 108 valence electrons. The van der Waals surface area contributed by atoms with Crippen molar-refractivity contribution in [1.82, 2.24) is 15.1 Å². The van der Waals surface area contributed by atoms with Gasteiger partial charge in [-0.25, -0.2) is 0 Å². The van der Waals surface area contributed by atoms with E-state index in [0.29, 0.717) is 0 Å². The summed E-state index contributed by atoms with van der Waals surface area (Å²) in [5, 5.41) is 10.1. The molecule has 1 N–H and O–H groups in total. The second kappa shape index (κ2) is 5.88. The highest BCUT2D eigenvalue weighted by molar-refractivity contribution is 6.30. The van der Waals surface area contributed by atoms with E-state index in [1.807, 2.05) is 42.1 Å². The van der Waals surface area contributed by atoms with Gasteiger partial charge in [0, 0.05) is 30.0 Å². The summed E-state index contributed by atoms with van der Waals surface area (Å²) in [4.78, 5) is 0. The van der Waals surface area contributed by atoms with Crippen LogP contribution in [0.5, 0.6) is 0 Å². The number of nitrogens with one attached hydrogen (secondary N) is 1. The molecule has 0 aliphatic rings. The molecule has 0 aliphatic heterocycles. The molecule has 1 aromatic heterocycles. The first-order valence-corrected chi connectivity index (χ1v) is 7.42. The first-order chi connectivity index (χ1) is 10.1. The van der Waals surface area contributed by atoms with Gasteiger partial charge in [0.25, 0.3) is 0 Å². The van der Waals surface area contributed by atoms with Gasteiger partial charge in [-0.2, -0.15) is 5.10 Å². The normalized spacial score (nSPS) is 12.7. The minimum atomic E-state index is 0.226. The standard InChI is InChI=1S/C17H18ClN3/c1-12(13-6-5-7-14(18)10-13)19-11-16-15-8-3-4-9-17(15)21(2)20-16/h3-10,12,19H,11H2,1-2H3/t12-/m1/s1. The van der Waals surface area contributed by atoms with Crippen LogP contribution in [-0.2, 0) is 13.6 Å². The lowest BCUT2D eigenvalue weighted by Crippen LogP contribution is -2.18. The Bertz CT molecular complexity index is 764. The summed E-state index contributed by atoms with van der Waals surface area (Å²) >= 11 is 6.04. The molecule has 0 bridgehead atoms. The molecular weight excluding hydrogens is 282 g/mol. The molecule has 1 atom stereocenters. The number of hydrogen-bond donors (Lipinski definition) is 1. The van der Waals surface area contributed by atoms with Gasteiger partial charge in [-0.1, -0.05) is 41.9 Å². The number of aromatic nitrogens is 2. The topological polar surface area (TPSA) is 29.9 Å². The lowest BCUT2D eigenvalue weighted by molar-refractivity contribution is 0.564. The molecule has 0 saturated carbocycles. The van der Waals surface area contributed by atoms with Crippen LogP contribution in [0.3, 0.4) is 0 Å². The quantitative estimate of drug-likeness (QED) is 0.787. The second-order valence-electron chi connectivity index (χ2n) is 5.25. The molecule has 1 heterocycles. The summed E-state index contributed by atoms with van der Waals surface area (Å²) in [5.74, 6) is 0. The summed E-state index contributed by atoms with van der Waals surface area (Å²) in [5.41, 5.74) is 3.41. The minimum absolute atomic E-state index is 0.226. The first-order valence-electron chi connectivity index (χ1n) is 7.04. The van der Waals surface area contributed by atoms with Crippen molar-refractivity contribution in [3.63, 3.8) is 0 Å². The average Bonchev–Trinajstić information content (AvgIpc) is 2.82. The van der Waals surface area contributed by atoms with Crippen LogP contribution in [0.2, 0.25) is 5.02 Å². The third-order valence-corrected chi connectivity index (χ3v) is 3.99. The Hall–Kier alpha value is -1.84. The van der Waals surface area contributed by atoms with Crippen molar-refractivity contribution in [3.05, 3.63) is 64.8 Å². The Kier molecular flexibility index (Phi) is 3.95. The zero-order chi connectivity index (χ0) is 14.8. The van der Waals surface area contributed by atoms with Gasteiger partial charge in [0.05, 0.1) is 11.2 Å². The summed E-state index contributed by atoms with van der Waals surface area (Å²) in [6, 6.07) is 16.5. The van der Waals surface area contributed by atoms with Gasteiger partial charge >= 0.3 is 0 Å². The Balaban J connectivity index is 1.77. The number of rotatable bonds is 4. The Morgan fingerprint density at radius 2 is 2.00 bits per heavy atom. The number of nitrogens with zero attached hydrogens (tertiary/aromatic N) is 2. The Morgan fingerprint density at radius 1 is 1.19 bits per heavy atom. The van der Waals surface area contributed by atoms with Gasteiger partial charge in [-0.3, -0.25) is 4.68 Å². The minimum Gasteiger partial charge on any atom is -0.304 e. The van der Waals surface area contributed by atoms with Crippen LogP contribution in [0.1, 0.15) is 24.2 Å². The first kappa shape index (κ1) is 14.1. The molecule has 4 heteroatoms. The molecular formula is C17H18ClN3. The van der Waals surface area contributed by atoms with Crippen LogP contribution < -0.4 is 5.32 Å². The van der Waals surface area contributed by atoms with E-state index in [1.165, 1.54) is 10.9 Å². The number of halogens is 1. The zero-order valence-corrected chi connectivity index (χ0v) is 12.9. The van der Waals surface area contributed by atoms with Crippen molar-refractivity contribution in [3.8, 4) is 0 Å². The van der Waals surface area contributed by atoms with Crippen molar-refractivity contribution in [2.45, 2.75) is 19.5 Å². The monoisotopic (exact) mass is 299 g/mol. The highest BCUT2D eigenvalue weighted by atomic mass is 35.5. The van der Waals surface area contributed by atoms with Gasteiger partial charge < -0.3 is 5.32 Å². The number of hydrogen-bond acceptors (Lipinski definition) is 2. The van der Waals surface area contributed by atoms with Crippen molar-refractivity contribution in [2.75, 3.05) is 0 Å². The average molecular weight is 300 g/mol. The molecule has 0 saturated heterocycles. The largest absolute Gasteiger partial charge is 0.304 e. The molecule has 0 amide bonds. The summed E-state index contributed by atoms with van der Waals surface area (Å²) in [6.45, 7) is 2.87. The van der Waals surface area contributed by atoms with Crippen LogP contribution in [0, 0.1) is 0 Å². The van der Waals surface area contributed by atoms with Crippen molar-refractivity contribution in [2.24, 2.45) is 7.05 Å². The van der Waals surface area contributed by atoms with E-state index >= 15 is 0 Å².